The molecule has 0 bridgehead atoms. The Labute approximate surface area is 188 Å². The summed E-state index contributed by atoms with van der Waals surface area (Å²) < 4.78 is 0. The Bertz CT molecular complexity index is 1080. The van der Waals surface area contributed by atoms with Gasteiger partial charge in [-0.3, -0.25) is 0 Å². The van der Waals surface area contributed by atoms with Crippen molar-refractivity contribution in [1.82, 2.24) is 0 Å². The zero-order valence-electron chi connectivity index (χ0n) is 20.3. The number of fused-ring (bicyclic) bond motifs is 1. The van der Waals surface area contributed by atoms with E-state index in [4.69, 9.17) is 0 Å². The Morgan fingerprint density at radius 2 is 1.35 bits per heavy atom. The fraction of sp³-hybridized carbons (Fsp3) is 0.400. The van der Waals surface area contributed by atoms with E-state index in [9.17, 15) is 0 Å². The molecule has 1 nitrogen and oxygen atoms in total. The normalized spacial score (nSPS) is 17.1. The molecule has 0 atom stereocenters. The van der Waals surface area contributed by atoms with Crippen LogP contribution in [0.25, 0.3) is 11.1 Å². The van der Waals surface area contributed by atoms with Crippen molar-refractivity contribution >= 4 is 11.4 Å². The van der Waals surface area contributed by atoms with E-state index >= 15 is 0 Å². The third-order valence-electron chi connectivity index (χ3n) is 7.10. The van der Waals surface area contributed by atoms with E-state index in [1.165, 1.54) is 46.3 Å². The third-order valence-corrected chi connectivity index (χ3v) is 7.10. The second-order valence-corrected chi connectivity index (χ2v) is 11.5. The van der Waals surface area contributed by atoms with Crippen LogP contribution < -0.4 is 5.32 Å². The fourth-order valence-corrected chi connectivity index (χ4v) is 4.80. The second kappa shape index (κ2) is 7.55. The highest BCUT2D eigenvalue weighted by molar-refractivity contribution is 5.82. The van der Waals surface area contributed by atoms with E-state index in [0.717, 1.165) is 5.69 Å². The minimum Gasteiger partial charge on any atom is -0.355 e. The first-order chi connectivity index (χ1) is 14.5. The Balaban J connectivity index is 1.78. The summed E-state index contributed by atoms with van der Waals surface area (Å²) in [6.45, 7) is 16.4. The van der Waals surface area contributed by atoms with E-state index in [-0.39, 0.29) is 16.2 Å². The monoisotopic (exact) mass is 411 g/mol. The molecular formula is C30H37N. The van der Waals surface area contributed by atoms with Crippen LogP contribution in [0.1, 0.15) is 78.0 Å². The van der Waals surface area contributed by atoms with Gasteiger partial charge in [-0.05, 0) is 75.6 Å². The first kappa shape index (κ1) is 21.7. The lowest BCUT2D eigenvalue weighted by Gasteiger charge is -2.42. The van der Waals surface area contributed by atoms with E-state index in [1.807, 2.05) is 0 Å². The quantitative estimate of drug-likeness (QED) is 0.454. The standard InChI is InChI=1S/C30H37N/c1-28(2,3)22-13-16-27(24(19-22)21-11-9-8-10-12-21)31-23-14-15-25-26(20-23)30(6,7)18-17-29(25,4)5/h8-16,19-20,31H,17-18H2,1-7H3. The summed E-state index contributed by atoms with van der Waals surface area (Å²) in [5.41, 5.74) is 9.74. The molecule has 162 valence electrons. The minimum atomic E-state index is 0.115. The largest absolute Gasteiger partial charge is 0.355 e. The molecule has 0 fully saturated rings. The average Bonchev–Trinajstić information content (AvgIpc) is 2.72. The van der Waals surface area contributed by atoms with Gasteiger partial charge >= 0.3 is 0 Å². The molecule has 0 amide bonds. The van der Waals surface area contributed by atoms with Gasteiger partial charge < -0.3 is 5.32 Å². The predicted molar refractivity (Wildman–Crippen MR) is 136 cm³/mol. The Morgan fingerprint density at radius 1 is 0.710 bits per heavy atom. The average molecular weight is 412 g/mol. The van der Waals surface area contributed by atoms with Gasteiger partial charge in [0.05, 0.1) is 0 Å². The number of benzene rings is 3. The molecule has 4 rings (SSSR count). The van der Waals surface area contributed by atoms with Crippen molar-refractivity contribution in [3.8, 4) is 11.1 Å². The second-order valence-electron chi connectivity index (χ2n) is 11.5. The summed E-state index contributed by atoms with van der Waals surface area (Å²) >= 11 is 0. The number of hydrogen-bond acceptors (Lipinski definition) is 1. The van der Waals surface area contributed by atoms with Crippen LogP contribution in [-0.4, -0.2) is 0 Å². The molecule has 1 aliphatic rings. The van der Waals surface area contributed by atoms with Crippen molar-refractivity contribution in [2.75, 3.05) is 5.32 Å². The first-order valence-corrected chi connectivity index (χ1v) is 11.6. The molecule has 31 heavy (non-hydrogen) atoms. The smallest absolute Gasteiger partial charge is 0.0464 e. The van der Waals surface area contributed by atoms with Crippen molar-refractivity contribution in [3.63, 3.8) is 0 Å². The summed E-state index contributed by atoms with van der Waals surface area (Å²) in [5.74, 6) is 0. The van der Waals surface area contributed by atoms with Crippen molar-refractivity contribution in [2.45, 2.75) is 77.6 Å². The maximum Gasteiger partial charge on any atom is 0.0464 e. The van der Waals surface area contributed by atoms with Gasteiger partial charge in [-0.1, -0.05) is 90.9 Å². The van der Waals surface area contributed by atoms with Crippen molar-refractivity contribution in [3.05, 3.63) is 83.4 Å². The molecule has 3 aromatic carbocycles. The molecule has 0 saturated carbocycles. The Kier molecular flexibility index (Phi) is 5.28. The van der Waals surface area contributed by atoms with Crippen LogP contribution in [0.3, 0.4) is 0 Å². The maximum atomic E-state index is 3.76. The topological polar surface area (TPSA) is 12.0 Å². The molecule has 3 aromatic rings. The maximum absolute atomic E-state index is 3.76. The molecule has 1 aliphatic carbocycles. The molecule has 1 heteroatoms. The van der Waals surface area contributed by atoms with Gasteiger partial charge in [0, 0.05) is 16.9 Å². The Morgan fingerprint density at radius 3 is 2.00 bits per heavy atom. The fourth-order valence-electron chi connectivity index (χ4n) is 4.80. The number of rotatable bonds is 3. The summed E-state index contributed by atoms with van der Waals surface area (Å²) in [5, 5.41) is 3.76. The van der Waals surface area contributed by atoms with Gasteiger partial charge in [0.25, 0.3) is 0 Å². The molecule has 1 N–H and O–H groups in total. The summed E-state index contributed by atoms with van der Waals surface area (Å²) in [6, 6.07) is 24.6. The summed E-state index contributed by atoms with van der Waals surface area (Å²) in [6.07, 6.45) is 2.47. The van der Waals surface area contributed by atoms with Crippen LogP contribution in [0, 0.1) is 0 Å². The van der Waals surface area contributed by atoms with Gasteiger partial charge in [0.2, 0.25) is 0 Å². The SMILES string of the molecule is CC(C)(C)c1ccc(Nc2ccc3c(c2)C(C)(C)CCC3(C)C)c(-c2ccccc2)c1. The van der Waals surface area contributed by atoms with E-state index in [2.05, 4.69) is 121 Å². The van der Waals surface area contributed by atoms with Crippen LogP contribution >= 0.6 is 0 Å². The molecule has 0 saturated heterocycles. The zero-order chi connectivity index (χ0) is 22.4. The third kappa shape index (κ3) is 4.28. The van der Waals surface area contributed by atoms with Gasteiger partial charge in [-0.2, -0.15) is 0 Å². The van der Waals surface area contributed by atoms with Crippen LogP contribution in [0.15, 0.2) is 66.7 Å². The van der Waals surface area contributed by atoms with Crippen molar-refractivity contribution in [1.29, 1.82) is 0 Å². The molecule has 0 unspecified atom stereocenters. The highest BCUT2D eigenvalue weighted by atomic mass is 14.9. The molecule has 0 radical (unpaired) electrons. The van der Waals surface area contributed by atoms with E-state index in [1.54, 1.807) is 0 Å². The van der Waals surface area contributed by atoms with E-state index in [0.29, 0.717) is 0 Å². The van der Waals surface area contributed by atoms with Crippen LogP contribution in [0.5, 0.6) is 0 Å². The summed E-state index contributed by atoms with van der Waals surface area (Å²) in [7, 11) is 0. The number of hydrogen-bond donors (Lipinski definition) is 1. The van der Waals surface area contributed by atoms with Crippen LogP contribution in [0.4, 0.5) is 11.4 Å². The molecular weight excluding hydrogens is 374 g/mol. The van der Waals surface area contributed by atoms with E-state index < -0.39 is 0 Å². The van der Waals surface area contributed by atoms with Gasteiger partial charge in [0.15, 0.2) is 0 Å². The van der Waals surface area contributed by atoms with Gasteiger partial charge in [0.1, 0.15) is 0 Å². The molecule has 0 aromatic heterocycles. The highest BCUT2D eigenvalue weighted by Gasteiger charge is 2.37. The minimum absolute atomic E-state index is 0.115. The number of anilines is 2. The van der Waals surface area contributed by atoms with Crippen LogP contribution in [-0.2, 0) is 16.2 Å². The molecule has 0 heterocycles. The summed E-state index contributed by atoms with van der Waals surface area (Å²) in [4.78, 5) is 0. The first-order valence-electron chi connectivity index (χ1n) is 11.6. The van der Waals surface area contributed by atoms with Crippen LogP contribution in [0.2, 0.25) is 0 Å². The van der Waals surface area contributed by atoms with Crippen molar-refractivity contribution < 1.29 is 0 Å². The molecule has 0 spiro atoms. The Hall–Kier alpha value is -2.54. The molecule has 0 aliphatic heterocycles. The predicted octanol–water partition coefficient (Wildman–Crippen LogP) is 8.74. The lowest BCUT2D eigenvalue weighted by Crippen LogP contribution is -2.33. The lowest BCUT2D eigenvalue weighted by molar-refractivity contribution is 0.332. The van der Waals surface area contributed by atoms with Gasteiger partial charge in [-0.25, -0.2) is 0 Å². The number of nitrogens with one attached hydrogen (secondary N) is 1. The van der Waals surface area contributed by atoms with Gasteiger partial charge in [-0.15, -0.1) is 0 Å². The highest BCUT2D eigenvalue weighted by Crippen LogP contribution is 2.47. The zero-order valence-corrected chi connectivity index (χ0v) is 20.3. The lowest BCUT2D eigenvalue weighted by atomic mass is 9.63. The van der Waals surface area contributed by atoms with Crippen molar-refractivity contribution in [2.24, 2.45) is 0 Å².